The lowest BCUT2D eigenvalue weighted by Crippen LogP contribution is -2.41. The Hall–Kier alpha value is -1.71. The molecule has 1 saturated carbocycles. The molecule has 0 aromatic heterocycles. The third-order valence-corrected chi connectivity index (χ3v) is 3.65. The average Bonchev–Trinajstić information content (AvgIpc) is 2.48. The maximum Gasteiger partial charge on any atom is 0.189 e. The molecule has 1 fully saturated rings. The van der Waals surface area contributed by atoms with Crippen LogP contribution in [0.3, 0.4) is 0 Å². The van der Waals surface area contributed by atoms with Gasteiger partial charge in [0.05, 0.1) is 13.2 Å². The van der Waals surface area contributed by atoms with Crippen LogP contribution in [-0.2, 0) is 6.54 Å². The summed E-state index contributed by atoms with van der Waals surface area (Å²) in [7, 11) is 0. The number of benzene rings is 1. The monoisotopic (exact) mass is 275 g/mol. The number of aliphatic imine (C=N–C) groups is 1. The third kappa shape index (κ3) is 4.44. The molecule has 0 aliphatic heterocycles. The van der Waals surface area contributed by atoms with Crippen molar-refractivity contribution >= 4 is 5.96 Å². The van der Waals surface area contributed by atoms with E-state index >= 15 is 0 Å². The SMILES string of the molecule is CCOc1ccccc1CN=C(N)NC1CCCCC1. The lowest BCUT2D eigenvalue weighted by atomic mass is 9.96. The zero-order valence-electron chi connectivity index (χ0n) is 12.3. The smallest absolute Gasteiger partial charge is 0.189 e. The molecule has 0 spiro atoms. The molecule has 1 aromatic rings. The summed E-state index contributed by atoms with van der Waals surface area (Å²) in [4.78, 5) is 4.43. The molecule has 0 saturated heterocycles. The molecule has 4 nitrogen and oxygen atoms in total. The van der Waals surface area contributed by atoms with E-state index in [1.807, 2.05) is 31.2 Å². The Balaban J connectivity index is 1.90. The molecule has 0 atom stereocenters. The van der Waals surface area contributed by atoms with Gasteiger partial charge in [-0.05, 0) is 25.8 Å². The number of hydrogen-bond acceptors (Lipinski definition) is 2. The minimum atomic E-state index is 0.495. The van der Waals surface area contributed by atoms with E-state index in [2.05, 4.69) is 10.3 Å². The number of nitrogens with one attached hydrogen (secondary N) is 1. The second-order valence-corrected chi connectivity index (χ2v) is 5.22. The van der Waals surface area contributed by atoms with Gasteiger partial charge in [-0.15, -0.1) is 0 Å². The topological polar surface area (TPSA) is 59.6 Å². The number of rotatable bonds is 5. The third-order valence-electron chi connectivity index (χ3n) is 3.65. The van der Waals surface area contributed by atoms with Crippen LogP contribution >= 0.6 is 0 Å². The maximum atomic E-state index is 5.97. The van der Waals surface area contributed by atoms with Gasteiger partial charge in [0.2, 0.25) is 0 Å². The Morgan fingerprint density at radius 3 is 2.80 bits per heavy atom. The Labute approximate surface area is 121 Å². The van der Waals surface area contributed by atoms with Crippen LogP contribution in [0.15, 0.2) is 29.3 Å². The van der Waals surface area contributed by atoms with Crippen molar-refractivity contribution in [3.8, 4) is 5.75 Å². The van der Waals surface area contributed by atoms with Crippen LogP contribution in [0.2, 0.25) is 0 Å². The first-order valence-corrected chi connectivity index (χ1v) is 7.56. The second kappa shape index (κ2) is 7.78. The first kappa shape index (κ1) is 14.7. The average molecular weight is 275 g/mol. The fourth-order valence-electron chi connectivity index (χ4n) is 2.60. The Bertz CT molecular complexity index is 439. The molecule has 0 bridgehead atoms. The van der Waals surface area contributed by atoms with Crippen LogP contribution in [0.5, 0.6) is 5.75 Å². The van der Waals surface area contributed by atoms with Crippen LogP contribution in [0.25, 0.3) is 0 Å². The largest absolute Gasteiger partial charge is 0.494 e. The van der Waals surface area contributed by atoms with Crippen molar-refractivity contribution in [3.05, 3.63) is 29.8 Å². The number of ether oxygens (including phenoxy) is 1. The first-order chi connectivity index (χ1) is 9.79. The van der Waals surface area contributed by atoms with Gasteiger partial charge in [0.1, 0.15) is 5.75 Å². The van der Waals surface area contributed by atoms with E-state index in [0.29, 0.717) is 25.2 Å². The summed E-state index contributed by atoms with van der Waals surface area (Å²) in [6.07, 6.45) is 6.32. The molecule has 0 amide bonds. The van der Waals surface area contributed by atoms with Gasteiger partial charge in [0.15, 0.2) is 5.96 Å². The number of nitrogens with two attached hydrogens (primary N) is 1. The zero-order valence-corrected chi connectivity index (χ0v) is 12.3. The van der Waals surface area contributed by atoms with Gasteiger partial charge < -0.3 is 15.8 Å². The van der Waals surface area contributed by atoms with Gasteiger partial charge in [-0.3, -0.25) is 0 Å². The highest BCUT2D eigenvalue weighted by atomic mass is 16.5. The highest BCUT2D eigenvalue weighted by Crippen LogP contribution is 2.19. The Kier molecular flexibility index (Phi) is 5.71. The summed E-state index contributed by atoms with van der Waals surface area (Å²) in [6.45, 7) is 3.21. The summed E-state index contributed by atoms with van der Waals surface area (Å²) in [5.74, 6) is 1.44. The minimum absolute atomic E-state index is 0.495. The highest BCUT2D eigenvalue weighted by molar-refractivity contribution is 5.78. The molecule has 20 heavy (non-hydrogen) atoms. The van der Waals surface area contributed by atoms with E-state index in [-0.39, 0.29) is 0 Å². The van der Waals surface area contributed by atoms with Crippen molar-refractivity contribution in [1.29, 1.82) is 0 Å². The van der Waals surface area contributed by atoms with Crippen molar-refractivity contribution in [2.75, 3.05) is 6.61 Å². The number of hydrogen-bond donors (Lipinski definition) is 2. The fraction of sp³-hybridized carbons (Fsp3) is 0.562. The van der Waals surface area contributed by atoms with Crippen LogP contribution in [0.1, 0.15) is 44.6 Å². The summed E-state index contributed by atoms with van der Waals surface area (Å²) in [5.41, 5.74) is 7.05. The number of nitrogens with zero attached hydrogens (tertiary/aromatic N) is 1. The summed E-state index contributed by atoms with van der Waals surface area (Å²) in [6, 6.07) is 8.47. The summed E-state index contributed by atoms with van der Waals surface area (Å²) in [5, 5.41) is 3.33. The van der Waals surface area contributed by atoms with E-state index in [4.69, 9.17) is 10.5 Å². The van der Waals surface area contributed by atoms with Crippen molar-refractivity contribution in [1.82, 2.24) is 5.32 Å². The zero-order chi connectivity index (χ0) is 14.2. The highest BCUT2D eigenvalue weighted by Gasteiger charge is 2.13. The Morgan fingerprint density at radius 2 is 2.05 bits per heavy atom. The van der Waals surface area contributed by atoms with Gasteiger partial charge in [-0.25, -0.2) is 4.99 Å². The van der Waals surface area contributed by atoms with Crippen molar-refractivity contribution in [3.63, 3.8) is 0 Å². The molecule has 3 N–H and O–H groups in total. The maximum absolute atomic E-state index is 5.97. The molecular formula is C16H25N3O. The molecule has 0 radical (unpaired) electrons. The predicted molar refractivity (Wildman–Crippen MR) is 82.9 cm³/mol. The van der Waals surface area contributed by atoms with E-state index in [1.54, 1.807) is 0 Å². The number of guanidine groups is 1. The van der Waals surface area contributed by atoms with Gasteiger partial charge >= 0.3 is 0 Å². The van der Waals surface area contributed by atoms with Crippen LogP contribution in [0, 0.1) is 0 Å². The van der Waals surface area contributed by atoms with Crippen molar-refractivity contribution < 1.29 is 4.74 Å². The van der Waals surface area contributed by atoms with Gasteiger partial charge in [-0.2, -0.15) is 0 Å². The minimum Gasteiger partial charge on any atom is -0.494 e. The molecule has 4 heteroatoms. The Morgan fingerprint density at radius 1 is 1.30 bits per heavy atom. The van der Waals surface area contributed by atoms with E-state index in [1.165, 1.54) is 32.1 Å². The van der Waals surface area contributed by atoms with Gasteiger partial charge in [-0.1, -0.05) is 37.5 Å². The van der Waals surface area contributed by atoms with Crippen LogP contribution in [0.4, 0.5) is 0 Å². The van der Waals surface area contributed by atoms with E-state index in [0.717, 1.165) is 11.3 Å². The van der Waals surface area contributed by atoms with E-state index < -0.39 is 0 Å². The lowest BCUT2D eigenvalue weighted by Gasteiger charge is -2.23. The molecule has 1 aliphatic rings. The predicted octanol–water partition coefficient (Wildman–Crippen LogP) is 2.82. The summed E-state index contributed by atoms with van der Waals surface area (Å²) >= 11 is 0. The normalized spacial score (nSPS) is 16.9. The second-order valence-electron chi connectivity index (χ2n) is 5.22. The molecule has 110 valence electrons. The fourth-order valence-corrected chi connectivity index (χ4v) is 2.60. The standard InChI is InChI=1S/C16H25N3O/c1-2-20-15-11-7-6-8-13(15)12-18-16(17)19-14-9-4-3-5-10-14/h6-8,11,14H,2-5,9-10,12H2,1H3,(H3,17,18,19). The summed E-state index contributed by atoms with van der Waals surface area (Å²) < 4.78 is 5.59. The van der Waals surface area contributed by atoms with E-state index in [9.17, 15) is 0 Å². The van der Waals surface area contributed by atoms with Gasteiger partial charge in [0, 0.05) is 11.6 Å². The molecule has 0 unspecified atom stereocenters. The lowest BCUT2D eigenvalue weighted by molar-refractivity contribution is 0.336. The van der Waals surface area contributed by atoms with Crippen LogP contribution in [-0.4, -0.2) is 18.6 Å². The molecule has 2 rings (SSSR count). The molecule has 0 heterocycles. The quantitative estimate of drug-likeness (QED) is 0.641. The molecule has 1 aromatic carbocycles. The van der Waals surface area contributed by atoms with Crippen molar-refractivity contribution in [2.24, 2.45) is 10.7 Å². The number of para-hydroxylation sites is 1. The van der Waals surface area contributed by atoms with Gasteiger partial charge in [0.25, 0.3) is 0 Å². The molecular weight excluding hydrogens is 250 g/mol. The van der Waals surface area contributed by atoms with Crippen LogP contribution < -0.4 is 15.8 Å². The first-order valence-electron chi connectivity index (χ1n) is 7.56. The van der Waals surface area contributed by atoms with Crippen molar-refractivity contribution in [2.45, 2.75) is 51.6 Å². The molecule has 1 aliphatic carbocycles.